The normalized spacial score (nSPS) is 20.2. The molecule has 26 heavy (non-hydrogen) atoms. The zero-order chi connectivity index (χ0) is 18.5. The fraction of sp³-hybridized carbons (Fsp3) is 0.529. The molecule has 0 atom stereocenters. The van der Waals surface area contributed by atoms with Gasteiger partial charge in [0.2, 0.25) is 0 Å². The van der Waals surface area contributed by atoms with Crippen LogP contribution in [-0.2, 0) is 15.7 Å². The van der Waals surface area contributed by atoms with Gasteiger partial charge in [0.1, 0.15) is 11.3 Å². The average Bonchev–Trinajstić information content (AvgIpc) is 3.19. The standard InChI is InChI=1S/C17H18F3N3O3/c1-11-2-3-12-21-14(17(18,19)20)13(23(12)10-11)15(24)22-6-4-16(5-7-22)25-8-9-26-16/h2-3,10H,4-9H2,1H3. The van der Waals surface area contributed by atoms with E-state index in [1.807, 2.05) is 0 Å². The van der Waals surface area contributed by atoms with E-state index in [9.17, 15) is 18.0 Å². The highest BCUT2D eigenvalue weighted by Crippen LogP contribution is 2.35. The number of aryl methyl sites for hydroxylation is 1. The van der Waals surface area contributed by atoms with E-state index in [0.717, 1.165) is 5.56 Å². The van der Waals surface area contributed by atoms with Gasteiger partial charge in [-0.25, -0.2) is 4.98 Å². The minimum atomic E-state index is -4.71. The van der Waals surface area contributed by atoms with Crippen LogP contribution in [0.4, 0.5) is 13.2 Å². The first-order valence-corrected chi connectivity index (χ1v) is 8.42. The number of ether oxygens (including phenoxy) is 2. The van der Waals surface area contributed by atoms with Gasteiger partial charge >= 0.3 is 6.18 Å². The zero-order valence-corrected chi connectivity index (χ0v) is 14.2. The molecule has 0 aromatic carbocycles. The van der Waals surface area contributed by atoms with Crippen molar-refractivity contribution in [2.75, 3.05) is 26.3 Å². The molecule has 2 saturated heterocycles. The van der Waals surface area contributed by atoms with Crippen LogP contribution in [0.15, 0.2) is 18.3 Å². The van der Waals surface area contributed by atoms with E-state index in [4.69, 9.17) is 9.47 Å². The van der Waals surface area contributed by atoms with Crippen LogP contribution in [-0.4, -0.2) is 52.3 Å². The molecular weight excluding hydrogens is 351 g/mol. The van der Waals surface area contributed by atoms with Gasteiger partial charge in [0.05, 0.1) is 13.2 Å². The molecule has 140 valence electrons. The van der Waals surface area contributed by atoms with Gasteiger partial charge in [-0.1, -0.05) is 6.07 Å². The Labute approximate surface area is 147 Å². The number of aromatic nitrogens is 2. The van der Waals surface area contributed by atoms with Crippen LogP contribution >= 0.6 is 0 Å². The van der Waals surface area contributed by atoms with Crippen LogP contribution in [0.2, 0.25) is 0 Å². The molecule has 2 fully saturated rings. The molecule has 0 bridgehead atoms. The number of carbonyl (C=O) groups excluding carboxylic acids is 1. The lowest BCUT2D eigenvalue weighted by molar-refractivity contribution is -0.181. The molecule has 9 heteroatoms. The van der Waals surface area contributed by atoms with E-state index in [-0.39, 0.29) is 18.7 Å². The van der Waals surface area contributed by atoms with Crippen molar-refractivity contribution in [1.82, 2.24) is 14.3 Å². The van der Waals surface area contributed by atoms with Gasteiger partial charge in [-0.3, -0.25) is 9.20 Å². The molecule has 2 aromatic heterocycles. The number of hydrogen-bond donors (Lipinski definition) is 0. The highest BCUT2D eigenvalue weighted by atomic mass is 19.4. The first-order valence-electron chi connectivity index (χ1n) is 8.42. The Morgan fingerprint density at radius 1 is 1.19 bits per heavy atom. The number of fused-ring (bicyclic) bond motifs is 1. The number of piperidine rings is 1. The molecule has 0 N–H and O–H groups in total. The maximum absolute atomic E-state index is 13.5. The van der Waals surface area contributed by atoms with Crippen LogP contribution in [0.5, 0.6) is 0 Å². The second-order valence-corrected chi connectivity index (χ2v) is 6.64. The molecule has 1 spiro atoms. The minimum Gasteiger partial charge on any atom is -0.347 e. The molecule has 0 saturated carbocycles. The van der Waals surface area contributed by atoms with E-state index in [2.05, 4.69) is 4.98 Å². The Hall–Kier alpha value is -2.13. The van der Waals surface area contributed by atoms with Crippen molar-refractivity contribution < 1.29 is 27.4 Å². The third kappa shape index (κ3) is 2.84. The summed E-state index contributed by atoms with van der Waals surface area (Å²) in [5.74, 6) is -1.37. The average molecular weight is 369 g/mol. The molecule has 4 rings (SSSR count). The quantitative estimate of drug-likeness (QED) is 0.776. The second-order valence-electron chi connectivity index (χ2n) is 6.64. The minimum absolute atomic E-state index is 0.0993. The first kappa shape index (κ1) is 17.3. The number of pyridine rings is 1. The number of rotatable bonds is 1. The van der Waals surface area contributed by atoms with Gasteiger partial charge in [0.15, 0.2) is 11.5 Å². The van der Waals surface area contributed by atoms with Crippen LogP contribution in [0.25, 0.3) is 5.65 Å². The van der Waals surface area contributed by atoms with Crippen molar-refractivity contribution in [3.63, 3.8) is 0 Å². The lowest BCUT2D eigenvalue weighted by atomic mass is 10.0. The summed E-state index contributed by atoms with van der Waals surface area (Å²) in [5.41, 5.74) is -0.757. The summed E-state index contributed by atoms with van der Waals surface area (Å²) >= 11 is 0. The summed E-state index contributed by atoms with van der Waals surface area (Å²) in [4.78, 5) is 18.0. The summed E-state index contributed by atoms with van der Waals surface area (Å²) in [5, 5.41) is 0. The number of likely N-dealkylation sites (tertiary alicyclic amines) is 1. The Balaban J connectivity index is 1.69. The zero-order valence-electron chi connectivity index (χ0n) is 14.2. The van der Waals surface area contributed by atoms with Gasteiger partial charge in [-0.15, -0.1) is 0 Å². The lowest BCUT2D eigenvalue weighted by Gasteiger charge is -2.37. The molecule has 2 aliphatic rings. The number of halogens is 3. The van der Waals surface area contributed by atoms with Crippen LogP contribution in [0.3, 0.4) is 0 Å². The molecular formula is C17H18F3N3O3. The van der Waals surface area contributed by atoms with Crippen LogP contribution in [0, 0.1) is 6.92 Å². The van der Waals surface area contributed by atoms with Crippen molar-refractivity contribution in [1.29, 1.82) is 0 Å². The van der Waals surface area contributed by atoms with Crippen molar-refractivity contribution in [2.24, 2.45) is 0 Å². The fourth-order valence-corrected chi connectivity index (χ4v) is 3.54. The van der Waals surface area contributed by atoms with Gasteiger partial charge in [-0.05, 0) is 18.6 Å². The predicted molar refractivity (Wildman–Crippen MR) is 84.7 cm³/mol. The number of amides is 1. The topological polar surface area (TPSA) is 56.1 Å². The number of hydrogen-bond acceptors (Lipinski definition) is 4. The molecule has 0 aliphatic carbocycles. The van der Waals surface area contributed by atoms with Gasteiger partial charge in [0, 0.05) is 32.1 Å². The number of imidazole rings is 1. The Morgan fingerprint density at radius 3 is 2.46 bits per heavy atom. The van der Waals surface area contributed by atoms with Crippen molar-refractivity contribution in [3.05, 3.63) is 35.3 Å². The maximum Gasteiger partial charge on any atom is 0.435 e. The second kappa shape index (κ2) is 5.95. The molecule has 2 aliphatic heterocycles. The number of carbonyl (C=O) groups is 1. The smallest absolute Gasteiger partial charge is 0.347 e. The molecule has 0 radical (unpaired) electrons. The van der Waals surface area contributed by atoms with Gasteiger partial charge in [0.25, 0.3) is 5.91 Å². The predicted octanol–water partition coefficient (Wildman–Crippen LogP) is 2.64. The Morgan fingerprint density at radius 2 is 1.85 bits per heavy atom. The van der Waals surface area contributed by atoms with Gasteiger partial charge < -0.3 is 14.4 Å². The highest BCUT2D eigenvalue weighted by Gasteiger charge is 2.44. The van der Waals surface area contributed by atoms with Crippen molar-refractivity contribution in [3.8, 4) is 0 Å². The summed E-state index contributed by atoms with van der Waals surface area (Å²) in [6, 6.07) is 3.14. The Bertz CT molecular complexity index is 846. The van der Waals surface area contributed by atoms with Crippen molar-refractivity contribution >= 4 is 11.6 Å². The molecule has 1 amide bonds. The van der Waals surface area contributed by atoms with Crippen molar-refractivity contribution in [2.45, 2.75) is 31.7 Å². The van der Waals surface area contributed by atoms with E-state index in [1.165, 1.54) is 21.6 Å². The largest absolute Gasteiger partial charge is 0.435 e. The first-order chi connectivity index (χ1) is 12.3. The SMILES string of the molecule is Cc1ccc2nc(C(F)(F)F)c(C(=O)N3CCC4(CC3)OCCO4)n2c1. The summed E-state index contributed by atoms with van der Waals surface area (Å²) in [6.07, 6.45) is -2.33. The summed E-state index contributed by atoms with van der Waals surface area (Å²) < 4.78 is 52.8. The highest BCUT2D eigenvalue weighted by molar-refractivity contribution is 5.95. The van der Waals surface area contributed by atoms with E-state index >= 15 is 0 Å². The van der Waals surface area contributed by atoms with E-state index in [1.54, 1.807) is 13.0 Å². The van der Waals surface area contributed by atoms with Gasteiger partial charge in [-0.2, -0.15) is 13.2 Å². The van der Waals surface area contributed by atoms with E-state index in [0.29, 0.717) is 26.1 Å². The summed E-state index contributed by atoms with van der Waals surface area (Å²) in [6.45, 7) is 3.29. The Kier molecular flexibility index (Phi) is 3.96. The fourth-order valence-electron chi connectivity index (χ4n) is 3.54. The molecule has 2 aromatic rings. The van der Waals surface area contributed by atoms with Crippen LogP contribution < -0.4 is 0 Å². The monoisotopic (exact) mass is 369 g/mol. The molecule has 0 unspecified atom stereocenters. The van der Waals surface area contributed by atoms with E-state index < -0.39 is 29.3 Å². The molecule has 4 heterocycles. The number of nitrogens with zero attached hydrogens (tertiary/aromatic N) is 3. The third-order valence-electron chi connectivity index (χ3n) is 4.86. The molecule has 6 nitrogen and oxygen atoms in total. The van der Waals surface area contributed by atoms with Crippen LogP contribution in [0.1, 0.15) is 34.6 Å². The number of alkyl halides is 3. The lowest BCUT2D eigenvalue weighted by Crippen LogP contribution is -2.47. The maximum atomic E-state index is 13.5. The summed E-state index contributed by atoms with van der Waals surface area (Å²) in [7, 11) is 0. The third-order valence-corrected chi connectivity index (χ3v) is 4.86.